The van der Waals surface area contributed by atoms with Gasteiger partial charge in [-0.1, -0.05) is 53.2 Å². The van der Waals surface area contributed by atoms with Gasteiger partial charge in [-0.2, -0.15) is 0 Å². The summed E-state index contributed by atoms with van der Waals surface area (Å²) in [6.07, 6.45) is 8.55. The van der Waals surface area contributed by atoms with Crippen LogP contribution in [0.5, 0.6) is 5.75 Å². The topological polar surface area (TPSA) is 52.1 Å². The van der Waals surface area contributed by atoms with Gasteiger partial charge in [-0.05, 0) is 59.9 Å². The van der Waals surface area contributed by atoms with E-state index in [0.717, 1.165) is 30.4 Å². The van der Waals surface area contributed by atoms with Gasteiger partial charge in [0.2, 0.25) is 0 Å². The molecule has 0 amide bonds. The second-order valence-corrected chi connectivity index (χ2v) is 9.94. The first-order valence-corrected chi connectivity index (χ1v) is 10.4. The average molecular weight is 393 g/mol. The Morgan fingerprint density at radius 2 is 1.59 bits per heavy atom. The summed E-state index contributed by atoms with van der Waals surface area (Å²) in [7, 11) is 0. The Balaban J connectivity index is 1.62. The number of benzene rings is 1. The van der Waals surface area contributed by atoms with Crippen LogP contribution in [0.25, 0.3) is 11.4 Å². The SMILES string of the molecule is CC(C)(C)C1=CCC(C(=O)Oc2ccc(-c3ncc(C(C)(C)C)cn3)cc2)CC1. The Hall–Kier alpha value is -2.49. The quantitative estimate of drug-likeness (QED) is 0.359. The van der Waals surface area contributed by atoms with Crippen LogP contribution in [-0.4, -0.2) is 15.9 Å². The maximum Gasteiger partial charge on any atom is 0.314 e. The van der Waals surface area contributed by atoms with E-state index in [-0.39, 0.29) is 22.7 Å². The van der Waals surface area contributed by atoms with Crippen molar-refractivity contribution in [3.05, 3.63) is 53.9 Å². The van der Waals surface area contributed by atoms with Gasteiger partial charge in [0.1, 0.15) is 5.75 Å². The van der Waals surface area contributed by atoms with Crippen molar-refractivity contribution in [2.75, 3.05) is 0 Å². The van der Waals surface area contributed by atoms with Gasteiger partial charge in [0.15, 0.2) is 5.82 Å². The Morgan fingerprint density at radius 1 is 0.966 bits per heavy atom. The van der Waals surface area contributed by atoms with Crippen molar-refractivity contribution in [1.82, 2.24) is 9.97 Å². The largest absolute Gasteiger partial charge is 0.426 e. The van der Waals surface area contributed by atoms with Gasteiger partial charge in [0.05, 0.1) is 5.92 Å². The Bertz CT molecular complexity index is 882. The number of hydrogen-bond donors (Lipinski definition) is 0. The molecule has 0 radical (unpaired) electrons. The van der Waals surface area contributed by atoms with E-state index >= 15 is 0 Å². The van der Waals surface area contributed by atoms with Crippen molar-refractivity contribution >= 4 is 5.97 Å². The summed E-state index contributed by atoms with van der Waals surface area (Å²) in [5.74, 6) is 1.03. The first kappa shape index (κ1) is 21.2. The first-order valence-electron chi connectivity index (χ1n) is 10.4. The van der Waals surface area contributed by atoms with Gasteiger partial charge in [-0.3, -0.25) is 4.79 Å². The highest BCUT2D eigenvalue weighted by atomic mass is 16.5. The van der Waals surface area contributed by atoms with E-state index in [1.165, 1.54) is 5.57 Å². The fourth-order valence-electron chi connectivity index (χ4n) is 3.47. The van der Waals surface area contributed by atoms with Crippen LogP contribution in [0, 0.1) is 11.3 Å². The van der Waals surface area contributed by atoms with Gasteiger partial charge in [-0.25, -0.2) is 9.97 Å². The molecule has 29 heavy (non-hydrogen) atoms. The molecule has 4 heteroatoms. The normalized spacial score (nSPS) is 17.6. The van der Waals surface area contributed by atoms with Crippen LogP contribution in [0.2, 0.25) is 0 Å². The minimum Gasteiger partial charge on any atom is -0.426 e. The molecule has 3 rings (SSSR count). The van der Waals surface area contributed by atoms with E-state index in [4.69, 9.17) is 4.74 Å². The highest BCUT2D eigenvalue weighted by molar-refractivity contribution is 5.75. The molecule has 1 aliphatic carbocycles. The Kier molecular flexibility index (Phi) is 5.92. The van der Waals surface area contributed by atoms with Gasteiger partial charge in [0.25, 0.3) is 0 Å². The van der Waals surface area contributed by atoms with Gasteiger partial charge in [-0.15, -0.1) is 0 Å². The molecule has 4 nitrogen and oxygen atoms in total. The second-order valence-electron chi connectivity index (χ2n) is 9.94. The minimum absolute atomic E-state index is 0.0263. The first-order chi connectivity index (χ1) is 13.5. The molecule has 0 saturated heterocycles. The molecule has 0 fully saturated rings. The van der Waals surface area contributed by atoms with E-state index in [1.54, 1.807) is 0 Å². The molecule has 1 unspecified atom stereocenters. The molecule has 0 N–H and O–H groups in total. The summed E-state index contributed by atoms with van der Waals surface area (Å²) in [4.78, 5) is 21.5. The van der Waals surface area contributed by atoms with E-state index in [1.807, 2.05) is 36.7 Å². The molecule has 1 aromatic heterocycles. The average Bonchev–Trinajstić information content (AvgIpc) is 2.67. The van der Waals surface area contributed by atoms with Crippen LogP contribution in [0.4, 0.5) is 0 Å². The van der Waals surface area contributed by atoms with Crippen molar-refractivity contribution in [3.8, 4) is 17.1 Å². The lowest BCUT2D eigenvalue weighted by molar-refractivity contribution is -0.139. The fraction of sp³-hybridized carbons (Fsp3) is 0.480. The zero-order valence-electron chi connectivity index (χ0n) is 18.5. The van der Waals surface area contributed by atoms with Crippen molar-refractivity contribution in [2.45, 2.75) is 66.2 Å². The molecule has 0 spiro atoms. The molecule has 0 aliphatic heterocycles. The Morgan fingerprint density at radius 3 is 2.07 bits per heavy atom. The number of carbonyl (C=O) groups excluding carboxylic acids is 1. The monoisotopic (exact) mass is 392 g/mol. The number of esters is 1. The highest BCUT2D eigenvalue weighted by Crippen LogP contribution is 2.35. The van der Waals surface area contributed by atoms with Gasteiger partial charge >= 0.3 is 5.97 Å². The molecule has 1 atom stereocenters. The second kappa shape index (κ2) is 8.10. The standard InChI is InChI=1S/C25H32N2O2/c1-24(2,3)19-11-7-18(8-12-19)23(28)29-21-13-9-17(10-14-21)22-26-15-20(16-27-22)25(4,5)6/h9-11,13-16,18H,7-8,12H2,1-6H3. The maximum absolute atomic E-state index is 12.5. The van der Waals surface area contributed by atoms with Gasteiger partial charge in [0, 0.05) is 18.0 Å². The highest BCUT2D eigenvalue weighted by Gasteiger charge is 2.27. The summed E-state index contributed by atoms with van der Waals surface area (Å²) in [6, 6.07) is 7.42. The number of nitrogens with zero attached hydrogens (tertiary/aromatic N) is 2. The van der Waals surface area contributed by atoms with Crippen LogP contribution >= 0.6 is 0 Å². The van der Waals surface area contributed by atoms with Crippen LogP contribution in [-0.2, 0) is 10.2 Å². The van der Waals surface area contributed by atoms with Crippen molar-refractivity contribution < 1.29 is 9.53 Å². The van der Waals surface area contributed by atoms with E-state index in [0.29, 0.717) is 11.6 Å². The molecule has 1 aliphatic rings. The molecule has 0 saturated carbocycles. The third kappa shape index (κ3) is 5.31. The van der Waals surface area contributed by atoms with E-state index < -0.39 is 0 Å². The fourth-order valence-corrected chi connectivity index (χ4v) is 3.47. The van der Waals surface area contributed by atoms with Crippen molar-refractivity contribution in [2.24, 2.45) is 11.3 Å². The molecule has 2 aromatic rings. The minimum atomic E-state index is -0.146. The molecular weight excluding hydrogens is 360 g/mol. The number of aromatic nitrogens is 2. The number of ether oxygens (including phenoxy) is 1. The molecule has 0 bridgehead atoms. The van der Waals surface area contributed by atoms with Crippen LogP contribution in [0.1, 0.15) is 66.4 Å². The van der Waals surface area contributed by atoms with E-state index in [2.05, 4.69) is 57.6 Å². The van der Waals surface area contributed by atoms with Crippen molar-refractivity contribution in [3.63, 3.8) is 0 Å². The number of hydrogen-bond acceptors (Lipinski definition) is 4. The van der Waals surface area contributed by atoms with Gasteiger partial charge < -0.3 is 4.74 Å². The summed E-state index contributed by atoms with van der Waals surface area (Å²) in [5, 5.41) is 0. The summed E-state index contributed by atoms with van der Waals surface area (Å²) < 4.78 is 5.62. The number of rotatable bonds is 3. The summed E-state index contributed by atoms with van der Waals surface area (Å²) in [6.45, 7) is 13.1. The zero-order valence-corrected chi connectivity index (χ0v) is 18.5. The molecular formula is C25H32N2O2. The smallest absolute Gasteiger partial charge is 0.314 e. The Labute approximate surface area is 174 Å². The van der Waals surface area contributed by atoms with E-state index in [9.17, 15) is 4.79 Å². The molecule has 1 aromatic carbocycles. The van der Waals surface area contributed by atoms with Crippen LogP contribution in [0.15, 0.2) is 48.3 Å². The zero-order chi connectivity index (χ0) is 21.2. The van der Waals surface area contributed by atoms with Crippen LogP contribution < -0.4 is 4.74 Å². The third-order valence-corrected chi connectivity index (χ3v) is 5.56. The summed E-state index contributed by atoms with van der Waals surface area (Å²) in [5.41, 5.74) is 3.64. The van der Waals surface area contributed by atoms with Crippen molar-refractivity contribution in [1.29, 1.82) is 0 Å². The number of carbonyl (C=O) groups is 1. The predicted octanol–water partition coefficient (Wildman–Crippen LogP) is 6.12. The lowest BCUT2D eigenvalue weighted by Gasteiger charge is -2.28. The lowest BCUT2D eigenvalue weighted by Crippen LogP contribution is -2.24. The lowest BCUT2D eigenvalue weighted by atomic mass is 9.77. The molecule has 154 valence electrons. The van der Waals surface area contributed by atoms with Crippen LogP contribution in [0.3, 0.4) is 0 Å². The maximum atomic E-state index is 12.5. The predicted molar refractivity (Wildman–Crippen MR) is 117 cm³/mol. The summed E-state index contributed by atoms with van der Waals surface area (Å²) >= 11 is 0. The molecule has 1 heterocycles. The number of allylic oxidation sites excluding steroid dienone is 2. The third-order valence-electron chi connectivity index (χ3n) is 5.56.